The molecule has 0 aromatic heterocycles. The van der Waals surface area contributed by atoms with E-state index in [1.54, 1.807) is 0 Å². The van der Waals surface area contributed by atoms with Crippen molar-refractivity contribution < 1.29 is 18.0 Å². The van der Waals surface area contributed by atoms with E-state index in [0.29, 0.717) is 0 Å². The zero-order valence-corrected chi connectivity index (χ0v) is 24.1. The SMILES string of the molecule is O=C(CC1C(=O)NCCN1S(=O)(=O)c1cc(Cl)ccc1Cl)N[C@@H]1CCCc2cc(CN3CCCCC3)ccc21. The Labute approximate surface area is 240 Å². The number of fused-ring (bicyclic) bond motifs is 1. The van der Waals surface area contributed by atoms with Crippen LogP contribution < -0.4 is 10.6 Å². The van der Waals surface area contributed by atoms with Crippen molar-refractivity contribution in [2.24, 2.45) is 0 Å². The number of carbonyl (C=O) groups excluding carboxylic acids is 2. The molecular formula is C28H34Cl2N4O4S. The molecule has 39 heavy (non-hydrogen) atoms. The first kappa shape index (κ1) is 28.4. The van der Waals surface area contributed by atoms with Crippen molar-refractivity contribution in [1.82, 2.24) is 19.8 Å². The number of rotatable bonds is 7. The van der Waals surface area contributed by atoms with E-state index in [0.717, 1.165) is 48.8 Å². The van der Waals surface area contributed by atoms with Gasteiger partial charge in [0, 0.05) is 24.7 Å². The molecule has 2 N–H and O–H groups in total. The van der Waals surface area contributed by atoms with Crippen LogP contribution in [0, 0.1) is 0 Å². The Hall–Kier alpha value is -2.17. The van der Waals surface area contributed by atoms with Gasteiger partial charge in [-0.25, -0.2) is 8.42 Å². The van der Waals surface area contributed by atoms with Crippen LogP contribution in [0.4, 0.5) is 0 Å². The summed E-state index contributed by atoms with van der Waals surface area (Å²) >= 11 is 12.2. The van der Waals surface area contributed by atoms with E-state index in [1.165, 1.54) is 48.6 Å². The molecule has 8 nitrogen and oxygen atoms in total. The van der Waals surface area contributed by atoms with Gasteiger partial charge in [-0.15, -0.1) is 0 Å². The first-order chi connectivity index (χ1) is 18.7. The summed E-state index contributed by atoms with van der Waals surface area (Å²) in [5.74, 6) is -0.880. The average Bonchev–Trinajstić information content (AvgIpc) is 2.91. The molecule has 5 rings (SSSR count). The molecule has 2 heterocycles. The molecule has 3 aliphatic rings. The Balaban J connectivity index is 1.29. The summed E-state index contributed by atoms with van der Waals surface area (Å²) in [6, 6.07) is 9.33. The molecule has 2 fully saturated rings. The lowest BCUT2D eigenvalue weighted by atomic mass is 9.86. The first-order valence-electron chi connectivity index (χ1n) is 13.6. The Morgan fingerprint density at radius 2 is 1.82 bits per heavy atom. The van der Waals surface area contributed by atoms with E-state index >= 15 is 0 Å². The van der Waals surface area contributed by atoms with Crippen LogP contribution in [0.2, 0.25) is 10.0 Å². The zero-order chi connectivity index (χ0) is 27.6. The lowest BCUT2D eigenvalue weighted by Crippen LogP contribution is -2.58. The van der Waals surface area contributed by atoms with Gasteiger partial charge >= 0.3 is 0 Å². The standard InChI is InChI=1S/C28H34Cl2N4O4S/c29-21-8-10-23(30)26(16-21)39(37,38)34-14-11-31-28(36)25(34)17-27(35)32-24-6-4-5-20-15-19(7-9-22(20)24)18-33-12-2-1-3-13-33/h7-10,15-16,24-25H,1-6,11-14,17-18H2,(H,31,36)(H,32,35)/t24-,25?/m1/s1. The van der Waals surface area contributed by atoms with E-state index in [-0.39, 0.29) is 46.4 Å². The van der Waals surface area contributed by atoms with Gasteiger partial charge in [-0.1, -0.05) is 47.8 Å². The van der Waals surface area contributed by atoms with E-state index in [9.17, 15) is 18.0 Å². The minimum Gasteiger partial charge on any atom is -0.353 e. The fourth-order valence-corrected chi connectivity index (χ4v) is 8.22. The third-order valence-corrected chi connectivity index (χ3v) is 10.5. The Kier molecular flexibility index (Phi) is 8.83. The number of aryl methyl sites for hydroxylation is 1. The highest BCUT2D eigenvalue weighted by Gasteiger charge is 2.41. The normalized spacial score (nSPS) is 22.7. The number of carbonyl (C=O) groups is 2. The zero-order valence-electron chi connectivity index (χ0n) is 21.8. The number of piperazine rings is 1. The fourth-order valence-electron chi connectivity index (χ4n) is 5.90. The van der Waals surface area contributed by atoms with Crippen LogP contribution in [0.5, 0.6) is 0 Å². The number of amides is 2. The van der Waals surface area contributed by atoms with Crippen molar-refractivity contribution in [2.45, 2.75) is 68.5 Å². The van der Waals surface area contributed by atoms with Crippen LogP contribution in [0.3, 0.4) is 0 Å². The van der Waals surface area contributed by atoms with Gasteiger partial charge < -0.3 is 10.6 Å². The number of hydrogen-bond donors (Lipinski definition) is 2. The Bertz CT molecular complexity index is 1350. The number of hydrogen-bond acceptors (Lipinski definition) is 5. The van der Waals surface area contributed by atoms with Gasteiger partial charge in [0.15, 0.2) is 0 Å². The van der Waals surface area contributed by atoms with Crippen molar-refractivity contribution in [3.8, 4) is 0 Å². The van der Waals surface area contributed by atoms with Crippen molar-refractivity contribution in [3.05, 3.63) is 63.1 Å². The molecule has 2 atom stereocenters. The predicted octanol–water partition coefficient (Wildman–Crippen LogP) is 4.05. The number of nitrogens with zero attached hydrogens (tertiary/aromatic N) is 2. The third kappa shape index (κ3) is 6.43. The molecule has 2 aromatic rings. The molecule has 0 radical (unpaired) electrons. The number of piperidine rings is 1. The average molecular weight is 594 g/mol. The van der Waals surface area contributed by atoms with Crippen LogP contribution in [0.1, 0.15) is 61.3 Å². The molecule has 0 bridgehead atoms. The highest BCUT2D eigenvalue weighted by atomic mass is 35.5. The molecule has 0 saturated carbocycles. The van der Waals surface area contributed by atoms with E-state index in [1.807, 2.05) is 0 Å². The number of halogens is 2. The van der Waals surface area contributed by atoms with Crippen LogP contribution >= 0.6 is 23.2 Å². The minimum atomic E-state index is -4.17. The summed E-state index contributed by atoms with van der Waals surface area (Å²) in [6.07, 6.45) is 6.23. The third-order valence-electron chi connectivity index (χ3n) is 7.85. The molecule has 210 valence electrons. The fraction of sp³-hybridized carbons (Fsp3) is 0.500. The van der Waals surface area contributed by atoms with Gasteiger partial charge in [-0.05, 0) is 80.1 Å². The molecule has 2 amide bonds. The van der Waals surface area contributed by atoms with Gasteiger partial charge in [-0.3, -0.25) is 14.5 Å². The largest absolute Gasteiger partial charge is 0.353 e. The molecule has 2 aromatic carbocycles. The maximum atomic E-state index is 13.5. The second kappa shape index (κ2) is 12.1. The summed E-state index contributed by atoms with van der Waals surface area (Å²) < 4.78 is 28.0. The number of benzene rings is 2. The monoisotopic (exact) mass is 592 g/mol. The maximum Gasteiger partial charge on any atom is 0.245 e. The second-order valence-electron chi connectivity index (χ2n) is 10.6. The topological polar surface area (TPSA) is 98.8 Å². The van der Waals surface area contributed by atoms with Gasteiger partial charge in [0.05, 0.1) is 17.5 Å². The lowest BCUT2D eigenvalue weighted by Gasteiger charge is -2.34. The molecule has 1 unspecified atom stereocenters. The molecular weight excluding hydrogens is 559 g/mol. The van der Waals surface area contributed by atoms with E-state index < -0.39 is 22.0 Å². The van der Waals surface area contributed by atoms with E-state index in [2.05, 4.69) is 33.7 Å². The van der Waals surface area contributed by atoms with Crippen LogP contribution in [-0.4, -0.2) is 61.7 Å². The molecule has 0 spiro atoms. The highest BCUT2D eigenvalue weighted by Crippen LogP contribution is 2.32. The molecule has 2 aliphatic heterocycles. The lowest BCUT2D eigenvalue weighted by molar-refractivity contribution is -0.132. The number of nitrogens with one attached hydrogen (secondary N) is 2. The smallest absolute Gasteiger partial charge is 0.245 e. The molecule has 1 aliphatic carbocycles. The molecule has 2 saturated heterocycles. The van der Waals surface area contributed by atoms with E-state index in [4.69, 9.17) is 23.2 Å². The summed E-state index contributed by atoms with van der Waals surface area (Å²) in [7, 11) is -4.17. The summed E-state index contributed by atoms with van der Waals surface area (Å²) in [5.41, 5.74) is 3.64. The predicted molar refractivity (Wildman–Crippen MR) is 151 cm³/mol. The summed E-state index contributed by atoms with van der Waals surface area (Å²) in [6.45, 7) is 3.40. The Morgan fingerprint density at radius 1 is 1.03 bits per heavy atom. The van der Waals surface area contributed by atoms with Crippen molar-refractivity contribution >= 4 is 45.0 Å². The first-order valence-corrected chi connectivity index (χ1v) is 15.8. The minimum absolute atomic E-state index is 0.00653. The van der Waals surface area contributed by atoms with Gasteiger partial charge in [-0.2, -0.15) is 4.31 Å². The van der Waals surface area contributed by atoms with Crippen LogP contribution in [-0.2, 0) is 32.6 Å². The molecule has 11 heteroatoms. The summed E-state index contributed by atoms with van der Waals surface area (Å²) in [4.78, 5) is 28.3. The van der Waals surface area contributed by atoms with Crippen molar-refractivity contribution in [2.75, 3.05) is 26.2 Å². The van der Waals surface area contributed by atoms with Crippen molar-refractivity contribution in [1.29, 1.82) is 0 Å². The van der Waals surface area contributed by atoms with Crippen molar-refractivity contribution in [3.63, 3.8) is 0 Å². The highest BCUT2D eigenvalue weighted by molar-refractivity contribution is 7.89. The number of likely N-dealkylation sites (tertiary alicyclic amines) is 1. The van der Waals surface area contributed by atoms with Gasteiger partial charge in [0.2, 0.25) is 21.8 Å². The van der Waals surface area contributed by atoms with Crippen LogP contribution in [0.15, 0.2) is 41.3 Å². The second-order valence-corrected chi connectivity index (χ2v) is 13.3. The quantitative estimate of drug-likeness (QED) is 0.505. The maximum absolute atomic E-state index is 13.5. The number of sulfonamides is 1. The van der Waals surface area contributed by atoms with Crippen LogP contribution in [0.25, 0.3) is 0 Å². The Morgan fingerprint density at radius 3 is 2.62 bits per heavy atom. The summed E-state index contributed by atoms with van der Waals surface area (Å²) in [5, 5.41) is 5.98. The van der Waals surface area contributed by atoms with Gasteiger partial charge in [0.25, 0.3) is 0 Å². The van der Waals surface area contributed by atoms with Gasteiger partial charge in [0.1, 0.15) is 10.9 Å².